The highest BCUT2D eigenvalue weighted by Crippen LogP contribution is 2.28. The molecule has 6 heteroatoms. The monoisotopic (exact) mass is 308 g/mol. The summed E-state index contributed by atoms with van der Waals surface area (Å²) in [6.07, 6.45) is -3.84. The molecule has 0 bridgehead atoms. The average molecular weight is 308 g/mol. The Labute approximate surface area is 126 Å². The van der Waals surface area contributed by atoms with Gasteiger partial charge in [-0.15, -0.1) is 13.2 Å². The molecule has 0 spiro atoms. The summed E-state index contributed by atoms with van der Waals surface area (Å²) < 4.78 is 40.8. The molecule has 1 aromatic carbocycles. The van der Waals surface area contributed by atoms with Gasteiger partial charge in [-0.05, 0) is 30.8 Å². The Morgan fingerprint density at radius 3 is 2.77 bits per heavy atom. The first-order valence-electron chi connectivity index (χ1n) is 6.94. The zero-order chi connectivity index (χ0) is 15.7. The highest BCUT2D eigenvalue weighted by molar-refractivity contribution is 5.61. The van der Waals surface area contributed by atoms with Crippen LogP contribution in [0.4, 0.5) is 13.2 Å². The molecule has 1 aromatic heterocycles. The SMILES string of the molecule is CN1CCc2nc(-c3cccc(OC(F)(F)F)c3)ccc2C1. The van der Waals surface area contributed by atoms with Crippen molar-refractivity contribution in [1.82, 2.24) is 9.88 Å². The average Bonchev–Trinajstić information content (AvgIpc) is 2.45. The maximum Gasteiger partial charge on any atom is 0.573 e. The first-order valence-corrected chi connectivity index (χ1v) is 6.94. The van der Waals surface area contributed by atoms with Crippen molar-refractivity contribution in [2.75, 3.05) is 13.6 Å². The van der Waals surface area contributed by atoms with Gasteiger partial charge >= 0.3 is 6.36 Å². The van der Waals surface area contributed by atoms with Crippen LogP contribution in [-0.4, -0.2) is 29.8 Å². The van der Waals surface area contributed by atoms with Crippen molar-refractivity contribution in [2.24, 2.45) is 0 Å². The van der Waals surface area contributed by atoms with Gasteiger partial charge in [0.05, 0.1) is 5.69 Å². The number of likely N-dealkylation sites (N-methyl/N-ethyl adjacent to an activating group) is 1. The second-order valence-electron chi connectivity index (χ2n) is 5.37. The van der Waals surface area contributed by atoms with E-state index in [1.54, 1.807) is 6.07 Å². The first-order chi connectivity index (χ1) is 10.4. The molecule has 0 fully saturated rings. The normalized spacial score (nSPS) is 15.5. The number of rotatable bonds is 2. The molecule has 3 nitrogen and oxygen atoms in total. The second-order valence-corrected chi connectivity index (χ2v) is 5.37. The topological polar surface area (TPSA) is 25.4 Å². The lowest BCUT2D eigenvalue weighted by Crippen LogP contribution is -2.27. The van der Waals surface area contributed by atoms with Gasteiger partial charge in [0.15, 0.2) is 0 Å². The van der Waals surface area contributed by atoms with E-state index in [9.17, 15) is 13.2 Å². The lowest BCUT2D eigenvalue weighted by Gasteiger charge is -2.24. The van der Waals surface area contributed by atoms with Gasteiger partial charge < -0.3 is 9.64 Å². The number of hydrogen-bond acceptors (Lipinski definition) is 3. The maximum atomic E-state index is 12.3. The first kappa shape index (κ1) is 14.8. The molecule has 22 heavy (non-hydrogen) atoms. The molecular formula is C16H15F3N2O. The van der Waals surface area contributed by atoms with E-state index in [0.29, 0.717) is 11.3 Å². The lowest BCUT2D eigenvalue weighted by molar-refractivity contribution is -0.274. The van der Waals surface area contributed by atoms with Gasteiger partial charge in [-0.1, -0.05) is 18.2 Å². The van der Waals surface area contributed by atoms with Crippen LogP contribution in [0.2, 0.25) is 0 Å². The second kappa shape index (κ2) is 5.61. The molecule has 0 N–H and O–H groups in total. The molecule has 0 atom stereocenters. The van der Waals surface area contributed by atoms with Crippen molar-refractivity contribution in [3.8, 4) is 17.0 Å². The van der Waals surface area contributed by atoms with Crippen molar-refractivity contribution in [3.63, 3.8) is 0 Å². The zero-order valence-corrected chi connectivity index (χ0v) is 12.0. The summed E-state index contributed by atoms with van der Waals surface area (Å²) in [7, 11) is 2.05. The van der Waals surface area contributed by atoms with Crippen molar-refractivity contribution < 1.29 is 17.9 Å². The lowest BCUT2D eigenvalue weighted by atomic mass is 10.0. The molecule has 3 rings (SSSR count). The number of aromatic nitrogens is 1. The quantitative estimate of drug-likeness (QED) is 0.847. The van der Waals surface area contributed by atoms with Crippen LogP contribution >= 0.6 is 0 Å². The number of nitrogens with zero attached hydrogens (tertiary/aromatic N) is 2. The van der Waals surface area contributed by atoms with Gasteiger partial charge in [0.25, 0.3) is 0 Å². The summed E-state index contributed by atoms with van der Waals surface area (Å²) in [6, 6.07) is 9.73. The number of pyridine rings is 1. The maximum absolute atomic E-state index is 12.3. The number of ether oxygens (including phenoxy) is 1. The predicted molar refractivity (Wildman–Crippen MR) is 76.4 cm³/mol. The summed E-state index contributed by atoms with van der Waals surface area (Å²) in [6.45, 7) is 1.78. The highest BCUT2D eigenvalue weighted by Gasteiger charge is 2.31. The van der Waals surface area contributed by atoms with E-state index in [-0.39, 0.29) is 5.75 Å². The molecular weight excluding hydrogens is 293 g/mol. The van der Waals surface area contributed by atoms with Crippen LogP contribution in [0.25, 0.3) is 11.3 Å². The van der Waals surface area contributed by atoms with Crippen molar-refractivity contribution in [3.05, 3.63) is 47.7 Å². The fraction of sp³-hybridized carbons (Fsp3) is 0.312. The highest BCUT2D eigenvalue weighted by atomic mass is 19.4. The summed E-state index contributed by atoms with van der Waals surface area (Å²) in [5, 5.41) is 0. The van der Waals surface area contributed by atoms with Gasteiger partial charge in [0.1, 0.15) is 5.75 Å². The molecule has 0 saturated heterocycles. The Morgan fingerprint density at radius 2 is 2.00 bits per heavy atom. The number of fused-ring (bicyclic) bond motifs is 1. The van der Waals surface area contributed by atoms with Gasteiger partial charge in [-0.25, -0.2) is 0 Å². The van der Waals surface area contributed by atoms with Crippen molar-refractivity contribution in [1.29, 1.82) is 0 Å². The minimum Gasteiger partial charge on any atom is -0.406 e. The van der Waals surface area contributed by atoms with Crippen molar-refractivity contribution in [2.45, 2.75) is 19.3 Å². The van der Waals surface area contributed by atoms with Crippen LogP contribution in [0.1, 0.15) is 11.3 Å². The van der Waals surface area contributed by atoms with E-state index < -0.39 is 6.36 Å². The van der Waals surface area contributed by atoms with Gasteiger partial charge in [0, 0.05) is 30.8 Å². The van der Waals surface area contributed by atoms with E-state index in [1.165, 1.54) is 23.8 Å². The Morgan fingerprint density at radius 1 is 1.18 bits per heavy atom. The molecule has 0 saturated carbocycles. The van der Waals surface area contributed by atoms with Gasteiger partial charge in [-0.3, -0.25) is 4.98 Å². The number of hydrogen-bond donors (Lipinski definition) is 0. The Kier molecular flexibility index (Phi) is 3.78. The van der Waals surface area contributed by atoms with Crippen molar-refractivity contribution >= 4 is 0 Å². The largest absolute Gasteiger partial charge is 0.573 e. The predicted octanol–water partition coefficient (Wildman–Crippen LogP) is 3.64. The standard InChI is InChI=1S/C16H15F3N2O/c1-21-8-7-15-12(10-21)5-6-14(20-15)11-3-2-4-13(9-11)22-16(17,18)19/h2-6,9H,7-8,10H2,1H3. The smallest absolute Gasteiger partial charge is 0.406 e. The Hall–Kier alpha value is -2.08. The molecule has 0 radical (unpaired) electrons. The summed E-state index contributed by atoms with van der Waals surface area (Å²) in [4.78, 5) is 6.80. The third-order valence-corrected chi connectivity index (χ3v) is 3.60. The fourth-order valence-corrected chi connectivity index (χ4v) is 2.57. The minimum atomic E-state index is -4.69. The Bertz CT molecular complexity index is 685. The molecule has 1 aliphatic rings. The molecule has 0 amide bonds. The minimum absolute atomic E-state index is 0.232. The van der Waals surface area contributed by atoms with Crippen LogP contribution in [0, 0.1) is 0 Å². The van der Waals surface area contributed by atoms with E-state index >= 15 is 0 Å². The molecule has 0 aliphatic carbocycles. The van der Waals surface area contributed by atoms with Crippen LogP contribution in [0.5, 0.6) is 5.75 Å². The zero-order valence-electron chi connectivity index (χ0n) is 12.0. The molecule has 0 unspecified atom stereocenters. The summed E-state index contributed by atoms with van der Waals surface area (Å²) in [5.41, 5.74) is 3.46. The van der Waals surface area contributed by atoms with E-state index in [2.05, 4.69) is 21.7 Å². The van der Waals surface area contributed by atoms with Crippen LogP contribution in [0.15, 0.2) is 36.4 Å². The summed E-state index contributed by atoms with van der Waals surface area (Å²) >= 11 is 0. The van der Waals surface area contributed by atoms with Crippen LogP contribution in [-0.2, 0) is 13.0 Å². The van der Waals surface area contributed by atoms with E-state index in [4.69, 9.17) is 0 Å². The number of halogens is 3. The van der Waals surface area contributed by atoms with E-state index in [0.717, 1.165) is 25.2 Å². The third kappa shape index (κ3) is 3.39. The van der Waals surface area contributed by atoms with Crippen LogP contribution in [0.3, 0.4) is 0 Å². The molecule has 2 aromatic rings. The van der Waals surface area contributed by atoms with E-state index in [1.807, 2.05) is 12.1 Å². The number of alkyl halides is 3. The molecule has 1 aliphatic heterocycles. The van der Waals surface area contributed by atoms with Gasteiger partial charge in [-0.2, -0.15) is 0 Å². The van der Waals surface area contributed by atoms with Crippen LogP contribution < -0.4 is 4.74 Å². The third-order valence-electron chi connectivity index (χ3n) is 3.60. The molecule has 116 valence electrons. The molecule has 2 heterocycles. The fourth-order valence-electron chi connectivity index (χ4n) is 2.57. The van der Waals surface area contributed by atoms with Gasteiger partial charge in [0.2, 0.25) is 0 Å². The Balaban J connectivity index is 1.90. The summed E-state index contributed by atoms with van der Waals surface area (Å²) in [5.74, 6) is -0.232. The number of benzene rings is 1.